The van der Waals surface area contributed by atoms with Crippen LogP contribution < -0.4 is 11.1 Å². The molecule has 4 heteroatoms. The Bertz CT molecular complexity index is 256. The summed E-state index contributed by atoms with van der Waals surface area (Å²) in [6, 6.07) is 10.1. The third-order valence-corrected chi connectivity index (χ3v) is 2.66. The molecule has 3 nitrogen and oxygen atoms in total. The van der Waals surface area contributed by atoms with Gasteiger partial charge in [0.1, 0.15) is 10.5 Å². The Kier molecular flexibility index (Phi) is 4.82. The molecule has 2 unspecified atom stereocenters. The zero-order valence-electron chi connectivity index (χ0n) is 8.73. The quantitative estimate of drug-likeness (QED) is 0.528. The maximum Gasteiger partial charge on any atom is 0.147 e. The second kappa shape index (κ2) is 5.92. The third kappa shape index (κ3) is 2.92. The van der Waals surface area contributed by atoms with Crippen LogP contribution in [0.15, 0.2) is 30.3 Å². The summed E-state index contributed by atoms with van der Waals surface area (Å²) in [5, 5.41) is 3.17. The molecule has 1 aromatic rings. The fourth-order valence-corrected chi connectivity index (χ4v) is 2.04. The monoisotopic (exact) mass is 210 g/mol. The molecule has 78 valence electrons. The van der Waals surface area contributed by atoms with Crippen molar-refractivity contribution in [3.8, 4) is 0 Å². The lowest BCUT2D eigenvalue weighted by molar-refractivity contribution is 0.173. The van der Waals surface area contributed by atoms with Gasteiger partial charge >= 0.3 is 0 Å². The van der Waals surface area contributed by atoms with Gasteiger partial charge < -0.3 is 10.2 Å². The fourth-order valence-electron chi connectivity index (χ4n) is 1.48. The number of hydrogen-bond acceptors (Lipinski definition) is 3. The molecule has 0 saturated heterocycles. The molecule has 0 aliphatic carbocycles. The molecule has 0 fully saturated rings. The van der Waals surface area contributed by atoms with E-state index in [4.69, 9.17) is 10.2 Å². The molecule has 0 aromatic heterocycles. The first-order chi connectivity index (χ1) is 6.79. The van der Waals surface area contributed by atoms with Gasteiger partial charge in [-0.2, -0.15) is 0 Å². The topological polar surface area (TPSA) is 47.3 Å². The second-order valence-electron chi connectivity index (χ2n) is 3.15. The Morgan fingerprint density at radius 2 is 2.07 bits per heavy atom. The predicted octanol–water partition coefficient (Wildman–Crippen LogP) is -0.0810. The molecule has 1 rings (SSSR count). The number of hydrogen-bond donors (Lipinski definition) is 2. The molecule has 0 radical (unpaired) electrons. The fraction of sp³-hybridized carbons (Fsp3) is 0.400. The van der Waals surface area contributed by atoms with Gasteiger partial charge in [-0.15, -0.1) is 0 Å². The summed E-state index contributed by atoms with van der Waals surface area (Å²) < 4.78 is 5.50. The van der Waals surface area contributed by atoms with Gasteiger partial charge in [0.25, 0.3) is 0 Å². The van der Waals surface area contributed by atoms with Crippen LogP contribution in [0.1, 0.15) is 18.6 Å². The smallest absolute Gasteiger partial charge is 0.147 e. The minimum atomic E-state index is -0.125. The molecule has 14 heavy (non-hydrogen) atoms. The maximum atomic E-state index is 5.96. The molecule has 2 atom stereocenters. The lowest BCUT2D eigenvalue weighted by atomic mass is 10.1. The van der Waals surface area contributed by atoms with Crippen LogP contribution in [0.4, 0.5) is 0 Å². The minimum Gasteiger partial charge on any atom is -0.418 e. The number of nitrogens with one attached hydrogen (secondary N) is 1. The summed E-state index contributed by atoms with van der Waals surface area (Å²) in [6.07, 6.45) is -0.150. The van der Waals surface area contributed by atoms with Gasteiger partial charge in [-0.1, -0.05) is 37.3 Å². The van der Waals surface area contributed by atoms with E-state index < -0.39 is 0 Å². The van der Waals surface area contributed by atoms with Gasteiger partial charge in [0.05, 0.1) is 12.3 Å². The van der Waals surface area contributed by atoms with Crippen LogP contribution in [0.5, 0.6) is 0 Å². The van der Waals surface area contributed by atoms with E-state index in [1.807, 2.05) is 37.3 Å². The molecule has 0 saturated carbocycles. The zero-order chi connectivity index (χ0) is 10.4. The van der Waals surface area contributed by atoms with Crippen molar-refractivity contribution in [1.29, 1.82) is 0 Å². The van der Waals surface area contributed by atoms with Crippen LogP contribution in [0.2, 0.25) is 0 Å². The molecule has 1 aromatic carbocycles. The van der Waals surface area contributed by atoms with Crippen molar-refractivity contribution in [1.82, 2.24) is 5.32 Å². The molecule has 0 bridgehead atoms. The van der Waals surface area contributed by atoms with E-state index in [-0.39, 0.29) is 12.3 Å². The number of benzene rings is 1. The van der Waals surface area contributed by atoms with E-state index in [1.54, 1.807) is 0 Å². The summed E-state index contributed by atoms with van der Waals surface area (Å²) in [7, 11) is 0.692. The highest BCUT2D eigenvalue weighted by atomic mass is 28.2. The summed E-state index contributed by atoms with van der Waals surface area (Å²) >= 11 is 0. The van der Waals surface area contributed by atoms with Crippen molar-refractivity contribution in [3.05, 3.63) is 35.9 Å². The average molecular weight is 210 g/mol. The first-order valence-corrected chi connectivity index (χ1v) is 5.68. The summed E-state index contributed by atoms with van der Waals surface area (Å²) in [5.41, 5.74) is 7.09. The van der Waals surface area contributed by atoms with Crippen molar-refractivity contribution in [2.45, 2.75) is 19.2 Å². The van der Waals surface area contributed by atoms with E-state index in [1.165, 1.54) is 0 Å². The van der Waals surface area contributed by atoms with E-state index in [0.29, 0.717) is 10.5 Å². The van der Waals surface area contributed by atoms with Crippen molar-refractivity contribution in [2.75, 3.05) is 6.54 Å². The van der Waals surface area contributed by atoms with Gasteiger partial charge in [-0.3, -0.25) is 5.32 Å². The van der Waals surface area contributed by atoms with Gasteiger partial charge in [-0.25, -0.2) is 0 Å². The van der Waals surface area contributed by atoms with Crippen molar-refractivity contribution < 1.29 is 4.43 Å². The average Bonchev–Trinajstić information content (AvgIpc) is 2.21. The van der Waals surface area contributed by atoms with Crippen LogP contribution in [-0.2, 0) is 4.43 Å². The van der Waals surface area contributed by atoms with Crippen LogP contribution in [0.3, 0.4) is 0 Å². The highest BCUT2D eigenvalue weighted by Crippen LogP contribution is 2.17. The van der Waals surface area contributed by atoms with E-state index in [0.717, 1.165) is 12.1 Å². The number of nitrogens with two attached hydrogens (primary N) is 1. The van der Waals surface area contributed by atoms with Gasteiger partial charge in [0.15, 0.2) is 0 Å². The largest absolute Gasteiger partial charge is 0.418 e. The lowest BCUT2D eigenvalue weighted by Crippen LogP contribution is -2.43. The van der Waals surface area contributed by atoms with Crippen LogP contribution >= 0.6 is 0 Å². The summed E-state index contributed by atoms with van der Waals surface area (Å²) in [6.45, 7) is 2.89. The molecule has 0 aliphatic heterocycles. The molecule has 0 heterocycles. The Hall–Kier alpha value is -0.683. The first kappa shape index (κ1) is 11.4. The van der Waals surface area contributed by atoms with Crippen LogP contribution in [0, 0.1) is 0 Å². The van der Waals surface area contributed by atoms with Crippen molar-refractivity contribution in [2.24, 2.45) is 5.73 Å². The zero-order valence-corrected chi connectivity index (χ0v) is 10.7. The summed E-state index contributed by atoms with van der Waals surface area (Å²) in [5.74, 6) is 0. The highest BCUT2D eigenvalue weighted by molar-refractivity contribution is 5.98. The number of likely N-dealkylation sites (N-methyl/N-ethyl adjacent to an activating group) is 1. The SMILES string of the molecule is CCNC(N)C(O[SiH3])c1ccccc1. The van der Waals surface area contributed by atoms with Crippen LogP contribution in [0.25, 0.3) is 0 Å². The van der Waals surface area contributed by atoms with Gasteiger partial charge in [0, 0.05) is 0 Å². The van der Waals surface area contributed by atoms with E-state index >= 15 is 0 Å². The lowest BCUT2D eigenvalue weighted by Gasteiger charge is -2.24. The predicted molar refractivity (Wildman–Crippen MR) is 61.9 cm³/mol. The highest BCUT2D eigenvalue weighted by Gasteiger charge is 2.16. The first-order valence-electron chi connectivity index (χ1n) is 4.86. The van der Waals surface area contributed by atoms with E-state index in [2.05, 4.69) is 5.32 Å². The van der Waals surface area contributed by atoms with Gasteiger partial charge in [0.2, 0.25) is 0 Å². The Labute approximate surface area is 88.2 Å². The maximum absolute atomic E-state index is 5.96. The Morgan fingerprint density at radius 1 is 1.43 bits per heavy atom. The molecular weight excluding hydrogens is 192 g/mol. The van der Waals surface area contributed by atoms with Crippen LogP contribution in [-0.4, -0.2) is 23.2 Å². The molecule has 0 amide bonds. The van der Waals surface area contributed by atoms with Crippen molar-refractivity contribution in [3.63, 3.8) is 0 Å². The molecule has 3 N–H and O–H groups in total. The molecule has 0 spiro atoms. The Morgan fingerprint density at radius 3 is 2.57 bits per heavy atom. The van der Waals surface area contributed by atoms with Crippen molar-refractivity contribution >= 4 is 10.5 Å². The van der Waals surface area contributed by atoms with E-state index in [9.17, 15) is 0 Å². The Balaban J connectivity index is 2.71. The third-order valence-electron chi connectivity index (χ3n) is 2.15. The molecular formula is C10H18N2OSi. The van der Waals surface area contributed by atoms with Gasteiger partial charge in [-0.05, 0) is 12.1 Å². The summed E-state index contributed by atoms with van der Waals surface area (Å²) in [4.78, 5) is 0. The second-order valence-corrected chi connectivity index (χ2v) is 3.62. The molecule has 0 aliphatic rings. The minimum absolute atomic E-state index is 0.0252. The normalized spacial score (nSPS) is 15.3. The number of rotatable bonds is 5. The standard InChI is InChI=1S/C10H18N2OSi/c1-2-12-10(11)9(13-14)8-6-4-3-5-7-8/h3-7,9-10,12H,2,11H2,1,14H3.